The van der Waals surface area contributed by atoms with Crippen LogP contribution < -0.4 is 5.32 Å². The SMILES string of the molecule is C[C@@H]1CN([C@H](CNC(=O)[C@@]2(C)CC2(Cl)Cl)c2c(F)cccc2Cl)CCO1. The van der Waals surface area contributed by atoms with Crippen LogP contribution in [0, 0.1) is 11.2 Å². The second-order valence-corrected chi connectivity index (χ2v) is 9.14. The summed E-state index contributed by atoms with van der Waals surface area (Å²) in [4.78, 5) is 14.6. The number of nitrogens with one attached hydrogen (secondary N) is 1. The lowest BCUT2D eigenvalue weighted by atomic mass is 10.0. The highest BCUT2D eigenvalue weighted by Gasteiger charge is 2.67. The molecule has 144 valence electrons. The number of carbonyl (C=O) groups excluding carboxylic acids is 1. The van der Waals surface area contributed by atoms with Crippen LogP contribution in [0.4, 0.5) is 4.39 Å². The van der Waals surface area contributed by atoms with Crippen LogP contribution in [0.1, 0.15) is 31.9 Å². The Hall–Kier alpha value is -0.590. The molecule has 0 unspecified atom stereocenters. The second kappa shape index (κ2) is 7.44. The third-order valence-electron chi connectivity index (χ3n) is 5.26. The zero-order valence-corrected chi connectivity index (χ0v) is 17.0. The Morgan fingerprint density at radius 3 is 2.77 bits per heavy atom. The molecule has 1 amide bonds. The maximum atomic E-state index is 14.5. The summed E-state index contributed by atoms with van der Waals surface area (Å²) in [6.07, 6.45) is 0.418. The minimum Gasteiger partial charge on any atom is -0.376 e. The van der Waals surface area contributed by atoms with Crippen molar-refractivity contribution in [3.05, 3.63) is 34.6 Å². The van der Waals surface area contributed by atoms with Gasteiger partial charge < -0.3 is 10.1 Å². The van der Waals surface area contributed by atoms with E-state index < -0.39 is 21.6 Å². The number of carbonyl (C=O) groups is 1. The molecule has 1 aliphatic carbocycles. The molecule has 1 aromatic rings. The Morgan fingerprint density at radius 1 is 1.50 bits per heavy atom. The molecule has 1 heterocycles. The lowest BCUT2D eigenvalue weighted by Crippen LogP contribution is -2.47. The van der Waals surface area contributed by atoms with E-state index in [1.54, 1.807) is 19.1 Å². The fraction of sp³-hybridized carbons (Fsp3) is 0.611. The molecular formula is C18H22Cl3FN2O2. The van der Waals surface area contributed by atoms with Crippen molar-refractivity contribution in [2.75, 3.05) is 26.2 Å². The Labute approximate surface area is 167 Å². The minimum atomic E-state index is -1.05. The first-order valence-corrected chi connectivity index (χ1v) is 9.75. The summed E-state index contributed by atoms with van der Waals surface area (Å²) in [6, 6.07) is 4.20. The number of alkyl halides is 2. The molecule has 8 heteroatoms. The molecule has 0 aromatic heterocycles. The molecular weight excluding hydrogens is 402 g/mol. The number of hydrogen-bond acceptors (Lipinski definition) is 3. The van der Waals surface area contributed by atoms with E-state index in [0.717, 1.165) is 0 Å². The summed E-state index contributed by atoms with van der Waals surface area (Å²) in [6.45, 7) is 5.70. The highest BCUT2D eigenvalue weighted by atomic mass is 35.5. The molecule has 0 bridgehead atoms. The highest BCUT2D eigenvalue weighted by Crippen LogP contribution is 2.63. The number of morpholine rings is 1. The summed E-state index contributed by atoms with van der Waals surface area (Å²) in [7, 11) is 0. The van der Waals surface area contributed by atoms with Gasteiger partial charge in [0.25, 0.3) is 0 Å². The molecule has 0 radical (unpaired) electrons. The summed E-state index contributed by atoms with van der Waals surface area (Å²) in [5, 5.41) is 3.23. The van der Waals surface area contributed by atoms with Crippen LogP contribution in [0.5, 0.6) is 0 Å². The van der Waals surface area contributed by atoms with E-state index in [1.807, 2.05) is 6.92 Å². The molecule has 1 saturated carbocycles. The minimum absolute atomic E-state index is 0.0202. The Kier molecular flexibility index (Phi) is 5.76. The lowest BCUT2D eigenvalue weighted by molar-refractivity contribution is -0.126. The normalized spacial score (nSPS) is 29.2. The van der Waals surface area contributed by atoms with Gasteiger partial charge in [0.15, 0.2) is 0 Å². The van der Waals surface area contributed by atoms with Gasteiger partial charge in [0.05, 0.1) is 24.2 Å². The van der Waals surface area contributed by atoms with Crippen LogP contribution in [-0.2, 0) is 9.53 Å². The first-order chi connectivity index (χ1) is 12.2. The molecule has 1 N–H and O–H groups in total. The largest absolute Gasteiger partial charge is 0.376 e. The molecule has 1 saturated heterocycles. The van der Waals surface area contributed by atoms with Gasteiger partial charge in [-0.2, -0.15) is 0 Å². The number of benzene rings is 1. The van der Waals surface area contributed by atoms with Crippen LogP contribution in [0.15, 0.2) is 18.2 Å². The van der Waals surface area contributed by atoms with Crippen molar-refractivity contribution in [1.29, 1.82) is 0 Å². The van der Waals surface area contributed by atoms with Crippen molar-refractivity contribution in [3.8, 4) is 0 Å². The maximum absolute atomic E-state index is 14.5. The number of nitrogens with zero attached hydrogens (tertiary/aromatic N) is 1. The van der Waals surface area contributed by atoms with Crippen molar-refractivity contribution in [2.24, 2.45) is 5.41 Å². The van der Waals surface area contributed by atoms with Gasteiger partial charge in [-0.05, 0) is 32.4 Å². The van der Waals surface area contributed by atoms with Gasteiger partial charge in [-0.3, -0.25) is 9.69 Å². The fourth-order valence-corrected chi connectivity index (χ4v) is 4.40. The highest BCUT2D eigenvalue weighted by molar-refractivity contribution is 6.53. The molecule has 0 spiro atoms. The first kappa shape index (κ1) is 20.2. The molecule has 3 rings (SSSR count). The number of rotatable bonds is 5. The smallest absolute Gasteiger partial charge is 0.229 e. The van der Waals surface area contributed by atoms with Crippen molar-refractivity contribution in [1.82, 2.24) is 10.2 Å². The van der Waals surface area contributed by atoms with E-state index in [1.165, 1.54) is 6.07 Å². The fourth-order valence-electron chi connectivity index (χ4n) is 3.40. The average molecular weight is 424 g/mol. The summed E-state index contributed by atoms with van der Waals surface area (Å²) < 4.78 is 19.1. The lowest BCUT2D eigenvalue weighted by Gasteiger charge is -2.38. The van der Waals surface area contributed by atoms with E-state index >= 15 is 0 Å². The van der Waals surface area contributed by atoms with Gasteiger partial charge in [-0.1, -0.05) is 17.7 Å². The van der Waals surface area contributed by atoms with Crippen molar-refractivity contribution >= 4 is 40.7 Å². The predicted octanol–water partition coefficient (Wildman–Crippen LogP) is 3.94. The maximum Gasteiger partial charge on any atom is 0.229 e. The number of hydrogen-bond donors (Lipinski definition) is 1. The molecule has 1 aromatic carbocycles. The van der Waals surface area contributed by atoms with Crippen LogP contribution in [0.25, 0.3) is 0 Å². The van der Waals surface area contributed by atoms with Gasteiger partial charge >= 0.3 is 0 Å². The number of ether oxygens (including phenoxy) is 1. The quantitative estimate of drug-likeness (QED) is 0.729. The molecule has 2 aliphatic rings. The summed E-state index contributed by atoms with van der Waals surface area (Å²) in [5.74, 6) is -0.626. The predicted molar refractivity (Wildman–Crippen MR) is 101 cm³/mol. The van der Waals surface area contributed by atoms with Gasteiger partial charge in [0.1, 0.15) is 10.2 Å². The van der Waals surface area contributed by atoms with Gasteiger partial charge in [-0.15, -0.1) is 23.2 Å². The van der Waals surface area contributed by atoms with Crippen molar-refractivity contribution in [2.45, 2.75) is 36.7 Å². The average Bonchev–Trinajstić information content (AvgIpc) is 3.09. The van der Waals surface area contributed by atoms with Crippen molar-refractivity contribution < 1.29 is 13.9 Å². The third kappa shape index (κ3) is 3.83. The Balaban J connectivity index is 1.81. The Morgan fingerprint density at radius 2 is 2.19 bits per heavy atom. The molecule has 2 fully saturated rings. The monoisotopic (exact) mass is 422 g/mol. The van der Waals surface area contributed by atoms with E-state index in [0.29, 0.717) is 36.7 Å². The summed E-state index contributed by atoms with van der Waals surface area (Å²) >= 11 is 18.5. The van der Waals surface area contributed by atoms with Crippen LogP contribution in [-0.4, -0.2) is 47.5 Å². The zero-order valence-electron chi connectivity index (χ0n) is 14.7. The third-order valence-corrected chi connectivity index (χ3v) is 6.69. The van der Waals surface area contributed by atoms with Gasteiger partial charge in [0, 0.05) is 30.2 Å². The molecule has 4 nitrogen and oxygen atoms in total. The molecule has 3 atom stereocenters. The first-order valence-electron chi connectivity index (χ1n) is 8.61. The van der Waals surface area contributed by atoms with Crippen LogP contribution >= 0.6 is 34.8 Å². The van der Waals surface area contributed by atoms with E-state index in [4.69, 9.17) is 39.5 Å². The van der Waals surface area contributed by atoms with Gasteiger partial charge in [-0.25, -0.2) is 4.39 Å². The topological polar surface area (TPSA) is 41.6 Å². The van der Waals surface area contributed by atoms with E-state index in [-0.39, 0.29) is 18.6 Å². The zero-order chi connectivity index (χ0) is 19.1. The van der Waals surface area contributed by atoms with Gasteiger partial charge in [0.2, 0.25) is 5.91 Å². The van der Waals surface area contributed by atoms with Crippen LogP contribution in [0.2, 0.25) is 5.02 Å². The van der Waals surface area contributed by atoms with Crippen LogP contribution in [0.3, 0.4) is 0 Å². The number of amides is 1. The number of halogens is 4. The summed E-state index contributed by atoms with van der Waals surface area (Å²) in [5.41, 5.74) is -0.439. The molecule has 1 aliphatic heterocycles. The van der Waals surface area contributed by atoms with Crippen molar-refractivity contribution in [3.63, 3.8) is 0 Å². The molecule has 26 heavy (non-hydrogen) atoms. The Bertz CT molecular complexity index is 683. The van der Waals surface area contributed by atoms with E-state index in [2.05, 4.69) is 10.2 Å². The van der Waals surface area contributed by atoms with E-state index in [9.17, 15) is 9.18 Å². The second-order valence-electron chi connectivity index (χ2n) is 7.25. The standard InChI is InChI=1S/C18H22Cl3FN2O2/c1-11-9-24(6-7-26-11)14(15-12(19)4-3-5-13(15)22)8-23-16(25)17(2)10-18(17,20)21/h3-5,11,14H,6-10H2,1-2H3,(H,23,25)/t11-,14-,17-/m1/s1.